The van der Waals surface area contributed by atoms with Crippen LogP contribution in [0.15, 0.2) is 88.9 Å². The highest BCUT2D eigenvalue weighted by Gasteiger charge is 2.06. The number of aryl methyl sites for hydroxylation is 1. The third-order valence-corrected chi connectivity index (χ3v) is 5.83. The minimum absolute atomic E-state index is 0.0783. The number of thioether (sulfide) groups is 1. The van der Waals surface area contributed by atoms with Crippen LogP contribution in [-0.4, -0.2) is 17.9 Å². The number of amides is 1. The molecule has 0 atom stereocenters. The van der Waals surface area contributed by atoms with Crippen molar-refractivity contribution in [2.75, 3.05) is 5.75 Å². The molecule has 0 radical (unpaired) electrons. The average molecular weight is 399 g/mol. The molecule has 29 heavy (non-hydrogen) atoms. The maximum absolute atomic E-state index is 12.2. The molecule has 0 unspecified atom stereocenters. The Balaban J connectivity index is 1.44. The summed E-state index contributed by atoms with van der Waals surface area (Å²) in [6.45, 7) is 2.07. The quantitative estimate of drug-likeness (QED) is 0.189. The molecule has 4 heteroatoms. The minimum Gasteiger partial charge on any atom is -0.273 e. The molecule has 0 aliphatic carbocycles. The molecule has 144 valence electrons. The van der Waals surface area contributed by atoms with E-state index in [1.54, 1.807) is 18.0 Å². The molecule has 0 bridgehead atoms. The summed E-state index contributed by atoms with van der Waals surface area (Å²) < 4.78 is 0. The summed E-state index contributed by atoms with van der Waals surface area (Å²) in [6.07, 6.45) is 2.18. The Labute approximate surface area is 174 Å². The summed E-state index contributed by atoms with van der Waals surface area (Å²) in [5.74, 6) is 0.645. The Morgan fingerprint density at radius 3 is 2.21 bits per heavy atom. The van der Waals surface area contributed by atoms with Crippen molar-refractivity contribution in [1.29, 1.82) is 0 Å². The molecule has 4 rings (SSSR count). The molecule has 4 aromatic rings. The van der Waals surface area contributed by atoms with Crippen LogP contribution in [0.2, 0.25) is 0 Å². The smallest absolute Gasteiger partial charge is 0.240 e. The van der Waals surface area contributed by atoms with Gasteiger partial charge >= 0.3 is 0 Å². The lowest BCUT2D eigenvalue weighted by Gasteiger charge is -2.08. The fourth-order valence-corrected chi connectivity index (χ4v) is 4.16. The number of nitrogens with one attached hydrogen (secondary N) is 1. The number of hydrazone groups is 1. The maximum Gasteiger partial charge on any atom is 0.240 e. The van der Waals surface area contributed by atoms with Crippen molar-refractivity contribution in [2.24, 2.45) is 5.10 Å². The molecule has 0 saturated heterocycles. The highest BCUT2D eigenvalue weighted by molar-refractivity contribution is 7.99. The van der Waals surface area contributed by atoms with Gasteiger partial charge in [-0.3, -0.25) is 4.79 Å². The van der Waals surface area contributed by atoms with E-state index in [0.717, 1.165) is 32.9 Å². The van der Waals surface area contributed by atoms with E-state index in [2.05, 4.69) is 72.0 Å². The molecule has 0 saturated carbocycles. The fraction of sp³-hybridized carbons (Fsp3) is 0.120. The molecule has 0 spiro atoms. The van der Waals surface area contributed by atoms with Gasteiger partial charge in [0.1, 0.15) is 0 Å². The predicted octanol–water partition coefficient (Wildman–Crippen LogP) is 5.93. The van der Waals surface area contributed by atoms with Gasteiger partial charge in [0.25, 0.3) is 0 Å². The van der Waals surface area contributed by atoms with E-state index in [9.17, 15) is 4.79 Å². The molecule has 1 amide bonds. The monoisotopic (exact) mass is 398 g/mol. The van der Waals surface area contributed by atoms with Gasteiger partial charge in [-0.15, -0.1) is 11.8 Å². The van der Waals surface area contributed by atoms with Crippen LogP contribution >= 0.6 is 11.8 Å². The largest absolute Gasteiger partial charge is 0.273 e. The van der Waals surface area contributed by atoms with E-state index in [1.807, 2.05) is 24.3 Å². The number of rotatable bonds is 6. The summed E-state index contributed by atoms with van der Waals surface area (Å²) in [5.41, 5.74) is 4.93. The maximum atomic E-state index is 12.2. The Morgan fingerprint density at radius 1 is 0.931 bits per heavy atom. The van der Waals surface area contributed by atoms with Crippen LogP contribution in [-0.2, 0) is 4.79 Å². The molecule has 4 aromatic carbocycles. The number of carbonyl (C=O) groups excluding carboxylic acids is 1. The normalized spacial score (nSPS) is 11.3. The Morgan fingerprint density at radius 2 is 1.55 bits per heavy atom. The summed E-state index contributed by atoms with van der Waals surface area (Å²) in [7, 11) is 0. The van der Waals surface area contributed by atoms with Gasteiger partial charge in [-0.2, -0.15) is 5.10 Å². The van der Waals surface area contributed by atoms with Crippen molar-refractivity contribution in [1.82, 2.24) is 5.43 Å². The molecule has 3 nitrogen and oxygen atoms in total. The van der Waals surface area contributed by atoms with E-state index in [0.29, 0.717) is 6.42 Å². The molecule has 0 aromatic heterocycles. The second-order valence-corrected chi connectivity index (χ2v) is 8.11. The van der Waals surface area contributed by atoms with Gasteiger partial charge in [0.2, 0.25) is 5.91 Å². The van der Waals surface area contributed by atoms with Crippen LogP contribution in [0.3, 0.4) is 0 Å². The van der Waals surface area contributed by atoms with Gasteiger partial charge in [0.15, 0.2) is 0 Å². The van der Waals surface area contributed by atoms with Crippen molar-refractivity contribution in [3.05, 3.63) is 90.0 Å². The number of hydrogen-bond acceptors (Lipinski definition) is 3. The number of carbonyl (C=O) groups is 1. The first-order chi connectivity index (χ1) is 14.2. The lowest BCUT2D eigenvalue weighted by atomic mass is 9.97. The van der Waals surface area contributed by atoms with Gasteiger partial charge in [-0.1, -0.05) is 66.2 Å². The molecule has 0 heterocycles. The zero-order valence-electron chi connectivity index (χ0n) is 16.3. The number of hydrogen-bond donors (Lipinski definition) is 1. The second kappa shape index (κ2) is 8.93. The minimum atomic E-state index is -0.0783. The molecule has 0 aliphatic heterocycles. The predicted molar refractivity (Wildman–Crippen MR) is 124 cm³/mol. The molecule has 1 N–H and O–H groups in total. The van der Waals surface area contributed by atoms with Crippen molar-refractivity contribution < 1.29 is 4.79 Å². The van der Waals surface area contributed by atoms with Crippen molar-refractivity contribution >= 4 is 45.4 Å². The van der Waals surface area contributed by atoms with Crippen molar-refractivity contribution in [2.45, 2.75) is 18.2 Å². The Hall–Kier alpha value is -3.11. The fourth-order valence-electron chi connectivity index (χ4n) is 3.31. The van der Waals surface area contributed by atoms with Crippen LogP contribution in [0.1, 0.15) is 17.5 Å². The molecule has 0 aliphatic rings. The first kappa shape index (κ1) is 19.2. The lowest BCUT2D eigenvalue weighted by molar-refractivity contribution is -0.120. The Kier molecular flexibility index (Phi) is 5.92. The average Bonchev–Trinajstić information content (AvgIpc) is 2.74. The lowest BCUT2D eigenvalue weighted by Crippen LogP contribution is -2.17. The third kappa shape index (κ3) is 4.66. The first-order valence-electron chi connectivity index (χ1n) is 9.62. The molecule has 0 fully saturated rings. The van der Waals surface area contributed by atoms with E-state index in [-0.39, 0.29) is 5.91 Å². The third-order valence-electron chi connectivity index (χ3n) is 4.81. The highest BCUT2D eigenvalue weighted by Crippen LogP contribution is 2.27. The van der Waals surface area contributed by atoms with Crippen LogP contribution in [0.25, 0.3) is 21.5 Å². The van der Waals surface area contributed by atoms with E-state index in [4.69, 9.17) is 0 Å². The second-order valence-electron chi connectivity index (χ2n) is 6.94. The SMILES string of the molecule is Cc1ccc(SCCC(=O)N/N=C\c2c3ccccc3cc3ccccc23)cc1. The van der Waals surface area contributed by atoms with Gasteiger partial charge in [-0.05, 0) is 46.7 Å². The zero-order chi connectivity index (χ0) is 20.1. The van der Waals surface area contributed by atoms with Gasteiger partial charge in [0, 0.05) is 22.6 Å². The van der Waals surface area contributed by atoms with Crippen LogP contribution in [0.5, 0.6) is 0 Å². The van der Waals surface area contributed by atoms with E-state index >= 15 is 0 Å². The number of fused-ring (bicyclic) bond motifs is 2. The standard InChI is InChI=1S/C25H22N2OS/c1-18-10-12-21(13-11-18)29-15-14-25(28)27-26-17-24-22-8-4-2-6-19(22)16-20-7-3-5-9-23(20)24/h2-13,16-17H,14-15H2,1H3,(H,27,28)/b26-17-. The summed E-state index contributed by atoms with van der Waals surface area (Å²) in [6, 6.07) is 27.0. The van der Waals surface area contributed by atoms with Crippen molar-refractivity contribution in [3.8, 4) is 0 Å². The molecular weight excluding hydrogens is 376 g/mol. The highest BCUT2D eigenvalue weighted by atomic mass is 32.2. The van der Waals surface area contributed by atoms with Crippen LogP contribution < -0.4 is 5.43 Å². The van der Waals surface area contributed by atoms with Gasteiger partial charge in [0.05, 0.1) is 6.21 Å². The topological polar surface area (TPSA) is 41.5 Å². The van der Waals surface area contributed by atoms with E-state index in [1.165, 1.54) is 10.5 Å². The summed E-state index contributed by atoms with van der Waals surface area (Å²) in [4.78, 5) is 13.3. The van der Waals surface area contributed by atoms with Crippen molar-refractivity contribution in [3.63, 3.8) is 0 Å². The van der Waals surface area contributed by atoms with Crippen LogP contribution in [0.4, 0.5) is 0 Å². The number of benzene rings is 4. The summed E-state index contributed by atoms with van der Waals surface area (Å²) >= 11 is 1.68. The van der Waals surface area contributed by atoms with Crippen LogP contribution in [0, 0.1) is 6.92 Å². The van der Waals surface area contributed by atoms with Gasteiger partial charge in [-0.25, -0.2) is 5.43 Å². The first-order valence-corrected chi connectivity index (χ1v) is 10.6. The summed E-state index contributed by atoms with van der Waals surface area (Å²) in [5, 5.41) is 8.81. The van der Waals surface area contributed by atoms with Gasteiger partial charge < -0.3 is 0 Å². The molecular formula is C25H22N2OS. The zero-order valence-corrected chi connectivity index (χ0v) is 17.1. The Bertz CT molecular complexity index is 1130. The van der Waals surface area contributed by atoms with E-state index < -0.39 is 0 Å². The number of nitrogens with zero attached hydrogens (tertiary/aromatic N) is 1.